The van der Waals surface area contributed by atoms with Gasteiger partial charge in [-0.05, 0) is 13.3 Å². The number of rotatable bonds is 3. The molecule has 1 aliphatic heterocycles. The normalized spacial score (nSPS) is 21.4. The molecule has 5 nitrogen and oxygen atoms in total. The molecule has 0 unspecified atom stereocenters. The van der Waals surface area contributed by atoms with Gasteiger partial charge in [0, 0.05) is 0 Å². The highest BCUT2D eigenvalue weighted by Crippen LogP contribution is 2.23. The van der Waals surface area contributed by atoms with Gasteiger partial charge < -0.3 is 5.32 Å². The second-order valence-corrected chi connectivity index (χ2v) is 4.96. The van der Waals surface area contributed by atoms with Crippen LogP contribution in [-0.4, -0.2) is 28.7 Å². The fourth-order valence-electron chi connectivity index (χ4n) is 1.86. The molecular weight excluding hydrogens is 325 g/mol. The highest BCUT2D eigenvalue weighted by molar-refractivity contribution is 6.07. The maximum Gasteiger partial charge on any atom is 0.346 e. The van der Waals surface area contributed by atoms with Crippen LogP contribution in [0.5, 0.6) is 0 Å². The van der Waals surface area contributed by atoms with E-state index in [4.69, 9.17) is 0 Å². The Morgan fingerprint density at radius 3 is 1.96 bits per heavy atom. The van der Waals surface area contributed by atoms with Crippen molar-refractivity contribution in [3.05, 3.63) is 34.6 Å². The molecule has 1 aromatic carbocycles. The number of nitrogens with zero attached hydrogens (tertiary/aromatic N) is 2. The molecule has 1 saturated heterocycles. The SMILES string of the molecule is CC[C@]1(C)NC(=O)N(N=Cc2c(F)c(F)c(F)c(F)c2F)C1=O. The van der Waals surface area contributed by atoms with Gasteiger partial charge in [-0.1, -0.05) is 6.92 Å². The van der Waals surface area contributed by atoms with Crippen LogP contribution >= 0.6 is 0 Å². The van der Waals surface area contributed by atoms with Gasteiger partial charge in [-0.3, -0.25) is 4.79 Å². The Balaban J connectivity index is 2.43. The first-order valence-electron chi connectivity index (χ1n) is 6.36. The standard InChI is InChI=1S/C13H10F5N3O2/c1-3-13(2)11(22)21(12(23)20-13)19-4-5-6(14)8(16)10(18)9(17)7(5)15/h4H,3H2,1-2H3,(H,20,23)/t13-/m0/s1. The van der Waals surface area contributed by atoms with Crippen LogP contribution in [0.2, 0.25) is 0 Å². The number of hydrogen-bond donors (Lipinski definition) is 1. The van der Waals surface area contributed by atoms with E-state index in [9.17, 15) is 31.5 Å². The third-order valence-electron chi connectivity index (χ3n) is 3.49. The topological polar surface area (TPSA) is 61.8 Å². The lowest BCUT2D eigenvalue weighted by Gasteiger charge is -2.17. The van der Waals surface area contributed by atoms with Gasteiger partial charge in [0.05, 0.1) is 11.8 Å². The summed E-state index contributed by atoms with van der Waals surface area (Å²) in [6.07, 6.45) is 0.446. The Labute approximate surface area is 126 Å². The quantitative estimate of drug-likeness (QED) is 0.303. The first-order chi connectivity index (χ1) is 10.6. The number of halogens is 5. The molecule has 1 N–H and O–H groups in total. The van der Waals surface area contributed by atoms with Gasteiger partial charge in [0.2, 0.25) is 5.82 Å². The van der Waals surface area contributed by atoms with Gasteiger partial charge in [0.1, 0.15) is 5.54 Å². The third kappa shape index (κ3) is 2.53. The van der Waals surface area contributed by atoms with Crippen LogP contribution in [0, 0.1) is 29.1 Å². The summed E-state index contributed by atoms with van der Waals surface area (Å²) in [5.41, 5.74) is -2.61. The maximum atomic E-state index is 13.5. The van der Waals surface area contributed by atoms with Crippen molar-refractivity contribution < 1.29 is 31.5 Å². The summed E-state index contributed by atoms with van der Waals surface area (Å²) in [4.78, 5) is 23.6. The molecule has 2 rings (SSSR count). The van der Waals surface area contributed by atoms with Crippen LogP contribution in [0.25, 0.3) is 0 Å². The molecule has 0 aliphatic carbocycles. The lowest BCUT2D eigenvalue weighted by Crippen LogP contribution is -2.42. The number of amides is 3. The molecule has 10 heteroatoms. The zero-order valence-electron chi connectivity index (χ0n) is 11.9. The van der Waals surface area contributed by atoms with E-state index >= 15 is 0 Å². The summed E-state index contributed by atoms with van der Waals surface area (Å²) in [5, 5.41) is 5.81. The number of hydrogen-bond acceptors (Lipinski definition) is 3. The summed E-state index contributed by atoms with van der Waals surface area (Å²) in [5.74, 6) is -11.7. The number of hydrazone groups is 1. The molecule has 1 atom stereocenters. The van der Waals surface area contributed by atoms with Crippen LogP contribution < -0.4 is 5.32 Å². The lowest BCUT2D eigenvalue weighted by molar-refractivity contribution is -0.130. The van der Waals surface area contributed by atoms with Crippen molar-refractivity contribution in [3.63, 3.8) is 0 Å². The van der Waals surface area contributed by atoms with E-state index in [1.807, 2.05) is 0 Å². The molecule has 3 amide bonds. The van der Waals surface area contributed by atoms with Gasteiger partial charge >= 0.3 is 6.03 Å². The van der Waals surface area contributed by atoms with E-state index in [2.05, 4.69) is 10.4 Å². The van der Waals surface area contributed by atoms with Crippen LogP contribution in [-0.2, 0) is 4.79 Å². The van der Waals surface area contributed by atoms with E-state index in [-0.39, 0.29) is 17.6 Å². The van der Waals surface area contributed by atoms with E-state index in [1.54, 1.807) is 6.92 Å². The van der Waals surface area contributed by atoms with Crippen molar-refractivity contribution in [1.29, 1.82) is 0 Å². The summed E-state index contributed by atoms with van der Waals surface area (Å²) >= 11 is 0. The largest absolute Gasteiger partial charge is 0.346 e. The average Bonchev–Trinajstić information content (AvgIpc) is 2.74. The molecular formula is C13H10F5N3O2. The minimum atomic E-state index is -2.31. The van der Waals surface area contributed by atoms with Gasteiger partial charge in [0.25, 0.3) is 5.91 Å². The van der Waals surface area contributed by atoms with E-state index in [1.165, 1.54) is 6.92 Å². The van der Waals surface area contributed by atoms with Gasteiger partial charge in [-0.2, -0.15) is 5.10 Å². The fraction of sp³-hybridized carbons (Fsp3) is 0.308. The number of benzene rings is 1. The van der Waals surface area contributed by atoms with E-state index in [0.29, 0.717) is 0 Å². The molecule has 0 saturated carbocycles. The van der Waals surface area contributed by atoms with Crippen molar-refractivity contribution >= 4 is 18.2 Å². The highest BCUT2D eigenvalue weighted by Gasteiger charge is 2.47. The second-order valence-electron chi connectivity index (χ2n) is 4.96. The van der Waals surface area contributed by atoms with Crippen LogP contribution in [0.3, 0.4) is 0 Å². The molecule has 0 aromatic heterocycles. The van der Waals surface area contributed by atoms with Crippen molar-refractivity contribution in [3.8, 4) is 0 Å². The predicted octanol–water partition coefficient (Wildman–Crippen LogP) is 2.44. The molecule has 1 aliphatic rings. The number of carbonyl (C=O) groups excluding carboxylic acids is 2. The van der Waals surface area contributed by atoms with Crippen LogP contribution in [0.1, 0.15) is 25.8 Å². The smallest absolute Gasteiger partial charge is 0.322 e. The fourth-order valence-corrected chi connectivity index (χ4v) is 1.86. The van der Waals surface area contributed by atoms with Gasteiger partial charge in [0.15, 0.2) is 23.3 Å². The van der Waals surface area contributed by atoms with Crippen molar-refractivity contribution in [2.45, 2.75) is 25.8 Å². The summed E-state index contributed by atoms with van der Waals surface area (Å²) in [7, 11) is 0. The molecule has 1 aromatic rings. The summed E-state index contributed by atoms with van der Waals surface area (Å²) in [6, 6.07) is -0.973. The summed E-state index contributed by atoms with van der Waals surface area (Å²) < 4.78 is 66.0. The first kappa shape index (κ1) is 16.8. The molecule has 1 heterocycles. The molecule has 0 bridgehead atoms. The Hall–Kier alpha value is -2.52. The first-order valence-corrected chi connectivity index (χ1v) is 6.36. The third-order valence-corrected chi connectivity index (χ3v) is 3.49. The van der Waals surface area contributed by atoms with Crippen LogP contribution in [0.15, 0.2) is 5.10 Å². The Morgan fingerprint density at radius 1 is 1.04 bits per heavy atom. The maximum absolute atomic E-state index is 13.5. The van der Waals surface area contributed by atoms with E-state index in [0.717, 1.165) is 0 Å². The minimum Gasteiger partial charge on any atom is -0.322 e. The zero-order chi connectivity index (χ0) is 17.5. The zero-order valence-corrected chi connectivity index (χ0v) is 11.9. The predicted molar refractivity (Wildman–Crippen MR) is 67.9 cm³/mol. The van der Waals surface area contributed by atoms with Crippen molar-refractivity contribution in [2.24, 2.45) is 5.10 Å². The molecule has 0 radical (unpaired) electrons. The van der Waals surface area contributed by atoms with Gasteiger partial charge in [-0.25, -0.2) is 26.7 Å². The number of carbonyl (C=O) groups is 2. The molecule has 1 fully saturated rings. The molecule has 124 valence electrons. The van der Waals surface area contributed by atoms with Crippen molar-refractivity contribution in [1.82, 2.24) is 10.3 Å². The van der Waals surface area contributed by atoms with Gasteiger partial charge in [-0.15, -0.1) is 5.01 Å². The Kier molecular flexibility index (Phi) is 4.10. The summed E-state index contributed by atoms with van der Waals surface area (Å²) in [6.45, 7) is 3.01. The average molecular weight is 335 g/mol. The Morgan fingerprint density at radius 2 is 1.52 bits per heavy atom. The second kappa shape index (κ2) is 5.60. The minimum absolute atomic E-state index is 0.214. The highest BCUT2D eigenvalue weighted by atomic mass is 19.2. The lowest BCUT2D eigenvalue weighted by atomic mass is 10.00. The van der Waals surface area contributed by atoms with Crippen LogP contribution in [0.4, 0.5) is 26.7 Å². The van der Waals surface area contributed by atoms with E-state index < -0.39 is 52.1 Å². The monoisotopic (exact) mass is 335 g/mol. The molecule has 23 heavy (non-hydrogen) atoms. The number of nitrogens with one attached hydrogen (secondary N) is 1. The Bertz CT molecular complexity index is 708. The molecule has 0 spiro atoms. The van der Waals surface area contributed by atoms with Crippen molar-refractivity contribution in [2.75, 3.05) is 0 Å². The number of imide groups is 1. The number of urea groups is 1.